The van der Waals surface area contributed by atoms with Crippen molar-refractivity contribution >= 4 is 12.3 Å². The van der Waals surface area contributed by atoms with E-state index < -0.39 is 5.97 Å². The quantitative estimate of drug-likeness (QED) is 0.658. The predicted octanol–water partition coefficient (Wildman–Crippen LogP) is 2.26. The Morgan fingerprint density at radius 2 is 2.17 bits per heavy atom. The number of fused-ring (bicyclic) bond motifs is 1. The summed E-state index contributed by atoms with van der Waals surface area (Å²) in [6.45, 7) is 1.95. The van der Waals surface area contributed by atoms with Gasteiger partial charge in [-0.15, -0.1) is 0 Å². The van der Waals surface area contributed by atoms with Gasteiger partial charge in [0, 0.05) is 0 Å². The van der Waals surface area contributed by atoms with Crippen LogP contribution in [-0.2, 0) is 17.6 Å². The molecule has 1 aliphatic carbocycles. The molecule has 0 atom stereocenters. The molecule has 1 aromatic rings. The first-order chi connectivity index (χ1) is 8.69. The van der Waals surface area contributed by atoms with Crippen molar-refractivity contribution in [2.75, 3.05) is 6.61 Å². The number of esters is 1. The third-order valence-electron chi connectivity index (χ3n) is 3.27. The van der Waals surface area contributed by atoms with Crippen LogP contribution >= 0.6 is 0 Å². The van der Waals surface area contributed by atoms with E-state index in [2.05, 4.69) is 0 Å². The van der Waals surface area contributed by atoms with E-state index in [1.165, 1.54) is 0 Å². The Morgan fingerprint density at radius 1 is 1.44 bits per heavy atom. The molecule has 1 N–H and O–H groups in total. The maximum atomic E-state index is 11.8. The van der Waals surface area contributed by atoms with E-state index in [0.29, 0.717) is 6.29 Å². The molecule has 0 saturated heterocycles. The molecule has 0 unspecified atom stereocenters. The number of carbonyl (C=O) groups is 2. The zero-order chi connectivity index (χ0) is 13.1. The van der Waals surface area contributed by atoms with Crippen LogP contribution in [-0.4, -0.2) is 24.0 Å². The highest BCUT2D eigenvalue weighted by Crippen LogP contribution is 2.33. The standard InChI is InChI=1S/C14H16O4/c1-2-18-14(17)11-7-9-5-3-4-6-10(9)13(16)12(11)8-15/h7-8,16H,2-6H2,1H3. The number of aromatic hydroxyl groups is 1. The molecular weight excluding hydrogens is 232 g/mol. The number of hydrogen-bond acceptors (Lipinski definition) is 4. The van der Waals surface area contributed by atoms with Gasteiger partial charge in [-0.05, 0) is 49.8 Å². The molecule has 18 heavy (non-hydrogen) atoms. The van der Waals surface area contributed by atoms with E-state index in [1.807, 2.05) is 0 Å². The van der Waals surface area contributed by atoms with Crippen LogP contribution in [0.5, 0.6) is 5.75 Å². The third-order valence-corrected chi connectivity index (χ3v) is 3.27. The molecule has 0 amide bonds. The van der Waals surface area contributed by atoms with E-state index in [4.69, 9.17) is 4.74 Å². The maximum absolute atomic E-state index is 11.8. The number of aryl methyl sites for hydroxylation is 1. The predicted molar refractivity (Wildman–Crippen MR) is 66.1 cm³/mol. The lowest BCUT2D eigenvalue weighted by molar-refractivity contribution is 0.0523. The highest BCUT2D eigenvalue weighted by Gasteiger charge is 2.23. The summed E-state index contributed by atoms with van der Waals surface area (Å²) in [6.07, 6.45) is 4.14. The average molecular weight is 248 g/mol. The summed E-state index contributed by atoms with van der Waals surface area (Å²) in [7, 11) is 0. The van der Waals surface area contributed by atoms with Crippen molar-refractivity contribution in [3.05, 3.63) is 28.3 Å². The fourth-order valence-corrected chi connectivity index (χ4v) is 2.40. The van der Waals surface area contributed by atoms with Gasteiger partial charge in [-0.2, -0.15) is 0 Å². The molecule has 0 fully saturated rings. The zero-order valence-electron chi connectivity index (χ0n) is 10.4. The SMILES string of the molecule is CCOC(=O)c1cc2c(c(O)c1C=O)CCCC2. The van der Waals surface area contributed by atoms with E-state index in [-0.39, 0.29) is 23.5 Å². The van der Waals surface area contributed by atoms with Gasteiger partial charge in [0.15, 0.2) is 6.29 Å². The van der Waals surface area contributed by atoms with Crippen molar-refractivity contribution in [1.29, 1.82) is 0 Å². The molecule has 2 rings (SSSR count). The molecular formula is C14H16O4. The van der Waals surface area contributed by atoms with Crippen molar-refractivity contribution < 1.29 is 19.4 Å². The molecule has 0 heterocycles. The Labute approximate surface area is 106 Å². The lowest BCUT2D eigenvalue weighted by Crippen LogP contribution is -2.12. The van der Waals surface area contributed by atoms with Gasteiger partial charge >= 0.3 is 5.97 Å². The number of benzene rings is 1. The summed E-state index contributed by atoms with van der Waals surface area (Å²) in [4.78, 5) is 22.8. The molecule has 0 bridgehead atoms. The minimum absolute atomic E-state index is 0.0501. The topological polar surface area (TPSA) is 63.6 Å². The molecule has 0 aliphatic heterocycles. The number of phenols is 1. The van der Waals surface area contributed by atoms with Crippen LogP contribution in [0.4, 0.5) is 0 Å². The van der Waals surface area contributed by atoms with Crippen LogP contribution in [0.3, 0.4) is 0 Å². The number of carbonyl (C=O) groups excluding carboxylic acids is 2. The molecule has 4 nitrogen and oxygen atoms in total. The molecule has 1 aromatic carbocycles. The maximum Gasteiger partial charge on any atom is 0.338 e. The van der Waals surface area contributed by atoms with Crippen LogP contribution in [0.2, 0.25) is 0 Å². The van der Waals surface area contributed by atoms with Gasteiger partial charge in [0.1, 0.15) is 5.75 Å². The van der Waals surface area contributed by atoms with Gasteiger partial charge in [0.2, 0.25) is 0 Å². The molecule has 0 aromatic heterocycles. The lowest BCUT2D eigenvalue weighted by atomic mass is 9.87. The number of phenolic OH excluding ortho intramolecular Hbond substituents is 1. The summed E-state index contributed by atoms with van der Waals surface area (Å²) in [6, 6.07) is 1.69. The number of hydrogen-bond donors (Lipinski definition) is 1. The molecule has 0 saturated carbocycles. The molecule has 96 valence electrons. The number of rotatable bonds is 3. The van der Waals surface area contributed by atoms with E-state index in [9.17, 15) is 14.7 Å². The highest BCUT2D eigenvalue weighted by molar-refractivity contribution is 6.00. The summed E-state index contributed by atoms with van der Waals surface area (Å²) in [5, 5.41) is 10.1. The fourth-order valence-electron chi connectivity index (χ4n) is 2.40. The molecule has 0 spiro atoms. The monoisotopic (exact) mass is 248 g/mol. The first-order valence-corrected chi connectivity index (χ1v) is 6.19. The minimum atomic E-state index is -0.553. The van der Waals surface area contributed by atoms with Crippen molar-refractivity contribution in [2.24, 2.45) is 0 Å². The normalized spacial score (nSPS) is 13.8. The molecule has 0 radical (unpaired) electrons. The number of aldehydes is 1. The Hall–Kier alpha value is -1.84. The van der Waals surface area contributed by atoms with Crippen LogP contribution in [0.15, 0.2) is 6.07 Å². The van der Waals surface area contributed by atoms with Gasteiger partial charge in [-0.3, -0.25) is 4.79 Å². The fraction of sp³-hybridized carbons (Fsp3) is 0.429. The minimum Gasteiger partial charge on any atom is -0.507 e. The van der Waals surface area contributed by atoms with Crippen LogP contribution in [0, 0.1) is 0 Å². The zero-order valence-corrected chi connectivity index (χ0v) is 10.4. The molecule has 4 heteroatoms. The smallest absolute Gasteiger partial charge is 0.338 e. The van der Waals surface area contributed by atoms with Crippen molar-refractivity contribution in [3.63, 3.8) is 0 Å². The summed E-state index contributed by atoms with van der Waals surface area (Å²) in [5.74, 6) is -0.603. The van der Waals surface area contributed by atoms with Crippen LogP contribution in [0.1, 0.15) is 51.6 Å². The number of ether oxygens (including phenoxy) is 1. The first kappa shape index (κ1) is 12.6. The van der Waals surface area contributed by atoms with Crippen LogP contribution in [0.25, 0.3) is 0 Å². The second-order valence-corrected chi connectivity index (χ2v) is 4.37. The van der Waals surface area contributed by atoms with E-state index >= 15 is 0 Å². The largest absolute Gasteiger partial charge is 0.507 e. The Bertz CT molecular complexity index is 491. The summed E-state index contributed by atoms with van der Waals surface area (Å²) in [5.41, 5.74) is 1.97. The highest BCUT2D eigenvalue weighted by atomic mass is 16.5. The summed E-state index contributed by atoms with van der Waals surface area (Å²) < 4.78 is 4.91. The summed E-state index contributed by atoms with van der Waals surface area (Å²) >= 11 is 0. The first-order valence-electron chi connectivity index (χ1n) is 6.19. The van der Waals surface area contributed by atoms with E-state index in [1.54, 1.807) is 13.0 Å². The Kier molecular flexibility index (Phi) is 3.65. The lowest BCUT2D eigenvalue weighted by Gasteiger charge is -2.19. The van der Waals surface area contributed by atoms with Gasteiger partial charge in [-0.1, -0.05) is 0 Å². The van der Waals surface area contributed by atoms with Crippen LogP contribution < -0.4 is 0 Å². The van der Waals surface area contributed by atoms with Crippen molar-refractivity contribution in [3.8, 4) is 5.75 Å². The second-order valence-electron chi connectivity index (χ2n) is 4.37. The Balaban J connectivity index is 2.55. The Morgan fingerprint density at radius 3 is 2.83 bits per heavy atom. The molecule has 1 aliphatic rings. The average Bonchev–Trinajstić information content (AvgIpc) is 2.39. The van der Waals surface area contributed by atoms with Gasteiger partial charge in [-0.25, -0.2) is 4.79 Å². The van der Waals surface area contributed by atoms with Gasteiger partial charge < -0.3 is 9.84 Å². The van der Waals surface area contributed by atoms with Crippen molar-refractivity contribution in [2.45, 2.75) is 32.6 Å². The van der Waals surface area contributed by atoms with Gasteiger partial charge in [0.05, 0.1) is 17.7 Å². The van der Waals surface area contributed by atoms with Gasteiger partial charge in [0.25, 0.3) is 0 Å². The van der Waals surface area contributed by atoms with E-state index in [0.717, 1.165) is 36.8 Å². The second kappa shape index (κ2) is 5.21. The van der Waals surface area contributed by atoms with Crippen molar-refractivity contribution in [1.82, 2.24) is 0 Å². The third kappa shape index (κ3) is 2.10.